The van der Waals surface area contributed by atoms with E-state index in [2.05, 4.69) is 20.8 Å². The molecule has 8 heteroatoms. The number of amides is 2. The Hall–Kier alpha value is -3.68. The monoisotopic (exact) mass is 447 g/mol. The second-order valence-electron chi connectivity index (χ2n) is 7.33. The molecule has 1 atom stereocenters. The Labute approximate surface area is 190 Å². The van der Waals surface area contributed by atoms with Gasteiger partial charge in [0.15, 0.2) is 5.82 Å². The maximum absolute atomic E-state index is 13.0. The molecule has 0 saturated carbocycles. The van der Waals surface area contributed by atoms with E-state index in [-0.39, 0.29) is 11.8 Å². The van der Waals surface area contributed by atoms with Crippen LogP contribution in [0.2, 0.25) is 5.02 Å². The van der Waals surface area contributed by atoms with Crippen LogP contribution >= 0.6 is 11.6 Å². The number of aromatic amines is 1. The number of hydrogen-bond acceptors (Lipinski definition) is 4. The highest BCUT2D eigenvalue weighted by Crippen LogP contribution is 2.27. The van der Waals surface area contributed by atoms with Gasteiger partial charge in [0, 0.05) is 21.7 Å². The first-order valence-electron chi connectivity index (χ1n) is 10.2. The number of fused-ring (bicyclic) bond motifs is 1. The number of hydrogen-bond donors (Lipinski definition) is 4. The molecule has 0 unspecified atom stereocenters. The molecule has 0 saturated heterocycles. The van der Waals surface area contributed by atoms with Crippen LogP contribution in [0.3, 0.4) is 0 Å². The van der Waals surface area contributed by atoms with Crippen LogP contribution in [-0.2, 0) is 4.79 Å². The summed E-state index contributed by atoms with van der Waals surface area (Å²) in [6.07, 6.45) is 0.485. The molecule has 0 aliphatic heterocycles. The van der Waals surface area contributed by atoms with Gasteiger partial charge in [0.25, 0.3) is 5.91 Å². The van der Waals surface area contributed by atoms with E-state index in [1.165, 1.54) is 0 Å². The Kier molecular flexibility index (Phi) is 6.49. The van der Waals surface area contributed by atoms with Gasteiger partial charge in [-0.2, -0.15) is 5.10 Å². The fraction of sp³-hybridized carbons (Fsp3) is 0.125. The van der Waals surface area contributed by atoms with Crippen molar-refractivity contribution in [3.63, 3.8) is 0 Å². The molecule has 0 radical (unpaired) electrons. The summed E-state index contributed by atoms with van der Waals surface area (Å²) in [6, 6.07) is 21.4. The van der Waals surface area contributed by atoms with Crippen molar-refractivity contribution >= 4 is 45.8 Å². The minimum Gasteiger partial charge on any atom is -0.330 e. The number of carbonyl (C=O) groups is 2. The quantitative estimate of drug-likeness (QED) is 0.333. The van der Waals surface area contributed by atoms with Gasteiger partial charge in [-0.1, -0.05) is 41.9 Å². The molecule has 0 fully saturated rings. The number of H-pyrrole nitrogens is 1. The van der Waals surface area contributed by atoms with E-state index in [1.54, 1.807) is 54.6 Å². The van der Waals surface area contributed by atoms with E-state index >= 15 is 0 Å². The van der Waals surface area contributed by atoms with Crippen LogP contribution in [0.1, 0.15) is 28.3 Å². The number of nitrogens with zero attached hydrogens (tertiary/aromatic N) is 1. The fourth-order valence-corrected chi connectivity index (χ4v) is 3.72. The SMILES string of the molecule is NCC[C@H](C(=O)Nc1ccc2[nH]nc(NC(=O)c3ccccc3)c2c1)c1cccc(Cl)c1. The van der Waals surface area contributed by atoms with Gasteiger partial charge in [-0.15, -0.1) is 0 Å². The molecule has 0 spiro atoms. The van der Waals surface area contributed by atoms with E-state index in [0.29, 0.717) is 40.4 Å². The zero-order valence-electron chi connectivity index (χ0n) is 17.1. The summed E-state index contributed by atoms with van der Waals surface area (Å²) in [5.41, 5.74) is 8.40. The number of anilines is 2. The summed E-state index contributed by atoms with van der Waals surface area (Å²) >= 11 is 6.10. The van der Waals surface area contributed by atoms with Crippen molar-refractivity contribution in [1.29, 1.82) is 0 Å². The second-order valence-corrected chi connectivity index (χ2v) is 7.76. The van der Waals surface area contributed by atoms with Crippen LogP contribution in [-0.4, -0.2) is 28.6 Å². The second kappa shape index (κ2) is 9.64. The van der Waals surface area contributed by atoms with E-state index in [4.69, 9.17) is 17.3 Å². The van der Waals surface area contributed by atoms with Crippen molar-refractivity contribution in [1.82, 2.24) is 10.2 Å². The average molecular weight is 448 g/mol. The first-order valence-corrected chi connectivity index (χ1v) is 10.5. The maximum Gasteiger partial charge on any atom is 0.256 e. The summed E-state index contributed by atoms with van der Waals surface area (Å²) in [5, 5.41) is 14.1. The number of nitrogens with one attached hydrogen (secondary N) is 3. The molecule has 7 nitrogen and oxygen atoms in total. The fourth-order valence-electron chi connectivity index (χ4n) is 3.52. The highest BCUT2D eigenvalue weighted by Gasteiger charge is 2.21. The van der Waals surface area contributed by atoms with E-state index < -0.39 is 5.92 Å². The first-order chi connectivity index (χ1) is 15.5. The molecule has 0 aliphatic carbocycles. The summed E-state index contributed by atoms with van der Waals surface area (Å²) in [6.45, 7) is 0.362. The van der Waals surface area contributed by atoms with Crippen LogP contribution < -0.4 is 16.4 Å². The van der Waals surface area contributed by atoms with Crippen LogP contribution in [0, 0.1) is 0 Å². The minimum atomic E-state index is -0.434. The summed E-state index contributed by atoms with van der Waals surface area (Å²) in [5.74, 6) is -0.498. The largest absolute Gasteiger partial charge is 0.330 e. The minimum absolute atomic E-state index is 0.185. The smallest absolute Gasteiger partial charge is 0.256 e. The lowest BCUT2D eigenvalue weighted by atomic mass is 9.94. The molecule has 32 heavy (non-hydrogen) atoms. The zero-order valence-corrected chi connectivity index (χ0v) is 17.9. The summed E-state index contributed by atoms with van der Waals surface area (Å²) in [4.78, 5) is 25.5. The van der Waals surface area contributed by atoms with E-state index in [1.807, 2.05) is 18.2 Å². The summed E-state index contributed by atoms with van der Waals surface area (Å²) < 4.78 is 0. The maximum atomic E-state index is 13.0. The number of nitrogens with two attached hydrogens (primary N) is 1. The molecule has 4 aromatic rings. The highest BCUT2D eigenvalue weighted by molar-refractivity contribution is 6.30. The predicted molar refractivity (Wildman–Crippen MR) is 127 cm³/mol. The molecule has 4 rings (SSSR count). The van der Waals surface area contributed by atoms with Gasteiger partial charge in [0.2, 0.25) is 5.91 Å². The lowest BCUT2D eigenvalue weighted by Crippen LogP contribution is -2.23. The topological polar surface area (TPSA) is 113 Å². The van der Waals surface area contributed by atoms with Crippen LogP contribution in [0.5, 0.6) is 0 Å². The molecule has 1 aromatic heterocycles. The molecule has 0 aliphatic rings. The van der Waals surface area contributed by atoms with Gasteiger partial charge in [-0.05, 0) is 61.0 Å². The van der Waals surface area contributed by atoms with Crippen LogP contribution in [0.15, 0.2) is 72.8 Å². The Morgan fingerprint density at radius 3 is 2.56 bits per heavy atom. The van der Waals surface area contributed by atoms with Crippen molar-refractivity contribution in [3.05, 3.63) is 88.9 Å². The third kappa shape index (κ3) is 4.80. The predicted octanol–water partition coefficient (Wildman–Crippen LogP) is 4.54. The molecule has 2 amide bonds. The molecule has 5 N–H and O–H groups in total. The first kappa shape index (κ1) is 21.5. The van der Waals surface area contributed by atoms with Crippen LogP contribution in [0.4, 0.5) is 11.5 Å². The molecule has 0 bridgehead atoms. The third-order valence-electron chi connectivity index (χ3n) is 5.12. The Morgan fingerprint density at radius 2 is 1.81 bits per heavy atom. The van der Waals surface area contributed by atoms with Crippen molar-refractivity contribution < 1.29 is 9.59 Å². The Morgan fingerprint density at radius 1 is 1.00 bits per heavy atom. The van der Waals surface area contributed by atoms with Crippen molar-refractivity contribution in [2.45, 2.75) is 12.3 Å². The number of rotatable bonds is 7. The van der Waals surface area contributed by atoms with Crippen LogP contribution in [0.25, 0.3) is 10.9 Å². The van der Waals surface area contributed by atoms with Gasteiger partial charge in [-0.25, -0.2) is 0 Å². The lowest BCUT2D eigenvalue weighted by Gasteiger charge is -2.17. The number of benzene rings is 3. The van der Waals surface area contributed by atoms with Crippen molar-refractivity contribution in [2.24, 2.45) is 5.73 Å². The third-order valence-corrected chi connectivity index (χ3v) is 5.36. The standard InChI is InChI=1S/C24H22ClN5O2/c25-17-8-4-7-16(13-17)19(11-12-26)24(32)27-18-9-10-21-20(14-18)22(30-29-21)28-23(31)15-5-2-1-3-6-15/h1-10,13-14,19H,11-12,26H2,(H,27,32)(H2,28,29,30,31)/t19-/m0/s1. The molecular weight excluding hydrogens is 426 g/mol. The highest BCUT2D eigenvalue weighted by atomic mass is 35.5. The molecule has 1 heterocycles. The summed E-state index contributed by atoms with van der Waals surface area (Å²) in [7, 11) is 0. The lowest BCUT2D eigenvalue weighted by molar-refractivity contribution is -0.117. The number of carbonyl (C=O) groups excluding carboxylic acids is 2. The van der Waals surface area contributed by atoms with E-state index in [9.17, 15) is 9.59 Å². The van der Waals surface area contributed by atoms with Crippen molar-refractivity contribution in [3.8, 4) is 0 Å². The number of halogens is 1. The van der Waals surface area contributed by atoms with Gasteiger partial charge < -0.3 is 16.4 Å². The number of aromatic nitrogens is 2. The zero-order chi connectivity index (χ0) is 22.5. The Balaban J connectivity index is 1.56. The van der Waals surface area contributed by atoms with Gasteiger partial charge in [0.1, 0.15) is 0 Å². The average Bonchev–Trinajstić information content (AvgIpc) is 3.20. The molecule has 3 aromatic carbocycles. The van der Waals surface area contributed by atoms with Gasteiger partial charge in [-0.3, -0.25) is 14.7 Å². The molecule has 162 valence electrons. The van der Waals surface area contributed by atoms with E-state index in [0.717, 1.165) is 11.1 Å². The Bertz CT molecular complexity index is 1260. The normalized spacial score (nSPS) is 11.8. The molecular formula is C24H22ClN5O2. The van der Waals surface area contributed by atoms with Gasteiger partial charge in [0.05, 0.1) is 11.4 Å². The van der Waals surface area contributed by atoms with Gasteiger partial charge >= 0.3 is 0 Å². The van der Waals surface area contributed by atoms with Crippen molar-refractivity contribution in [2.75, 3.05) is 17.2 Å².